The van der Waals surface area contributed by atoms with Gasteiger partial charge in [-0.15, -0.1) is 0 Å². The molecule has 0 amide bonds. The number of furan rings is 1. The molecular weight excluding hydrogens is 332 g/mol. The minimum atomic E-state index is -2.56. The molecule has 1 aromatic heterocycles. The van der Waals surface area contributed by atoms with Crippen molar-refractivity contribution in [2.24, 2.45) is 0 Å². The Morgan fingerprint density at radius 1 is 1.45 bits per heavy atom. The number of hydrogen-bond donors (Lipinski definition) is 2. The van der Waals surface area contributed by atoms with E-state index in [1.165, 1.54) is 25.5 Å². The van der Waals surface area contributed by atoms with E-state index >= 15 is 0 Å². The normalized spacial score (nSPS) is 11.8. The summed E-state index contributed by atoms with van der Waals surface area (Å²) in [6, 6.07) is 6.24. The number of hydrogen-bond acceptors (Lipinski definition) is 6. The molecule has 0 aliphatic rings. The smallest absolute Gasteiger partial charge is 0.340 e. The first-order valence-corrected chi connectivity index (χ1v) is 7.50. The predicted molar refractivity (Wildman–Crippen MR) is 81.4 cm³/mol. The van der Waals surface area contributed by atoms with E-state index in [-0.39, 0.29) is 16.3 Å². The molecule has 9 heteroatoms. The van der Waals surface area contributed by atoms with Crippen LogP contribution in [0.5, 0.6) is 0 Å². The first kappa shape index (κ1) is 16.3. The topological polar surface area (TPSA) is 104 Å². The molecule has 1 unspecified atom stereocenters. The Bertz CT molecular complexity index is 690. The molecule has 0 radical (unpaired) electrons. The predicted octanol–water partition coefficient (Wildman–Crippen LogP) is 2.54. The van der Waals surface area contributed by atoms with E-state index in [0.29, 0.717) is 18.0 Å². The van der Waals surface area contributed by atoms with E-state index in [2.05, 4.69) is 14.8 Å². The Morgan fingerprint density at radius 3 is 2.82 bits per heavy atom. The number of carbonyl (C=O) groups is 1. The second kappa shape index (κ2) is 7.30. The third kappa shape index (κ3) is 4.00. The van der Waals surface area contributed by atoms with Gasteiger partial charge in [-0.25, -0.2) is 4.79 Å². The van der Waals surface area contributed by atoms with Crippen LogP contribution in [0.4, 0.5) is 11.4 Å². The molecular formula is C13H12ClN2O5S-. The fourth-order valence-corrected chi connectivity index (χ4v) is 2.38. The van der Waals surface area contributed by atoms with Crippen LogP contribution in [0.1, 0.15) is 16.1 Å². The highest BCUT2D eigenvalue weighted by Gasteiger charge is 2.16. The summed E-state index contributed by atoms with van der Waals surface area (Å²) in [5.41, 5.74) is 0.626. The summed E-state index contributed by atoms with van der Waals surface area (Å²) in [7, 11) is 1.23. The third-order valence-electron chi connectivity index (χ3n) is 2.74. The van der Waals surface area contributed by atoms with Crippen molar-refractivity contribution in [1.82, 2.24) is 0 Å². The maximum Gasteiger partial charge on any atom is 0.340 e. The number of carbonyl (C=O) groups excluding carboxylic acids is 1. The highest BCUT2D eigenvalue weighted by Crippen LogP contribution is 2.30. The monoisotopic (exact) mass is 343 g/mol. The molecule has 0 bridgehead atoms. The van der Waals surface area contributed by atoms with Crippen molar-refractivity contribution in [1.29, 1.82) is 0 Å². The molecule has 1 heterocycles. The maximum atomic E-state index is 11.8. The van der Waals surface area contributed by atoms with Crippen LogP contribution < -0.4 is 10.0 Å². The Morgan fingerprint density at radius 2 is 2.23 bits per heavy atom. The first-order valence-electron chi connectivity index (χ1n) is 6.05. The largest absolute Gasteiger partial charge is 0.755 e. The molecule has 7 nitrogen and oxygen atoms in total. The van der Waals surface area contributed by atoms with Gasteiger partial charge in [0, 0.05) is 11.3 Å². The van der Waals surface area contributed by atoms with Gasteiger partial charge in [0.05, 0.1) is 41.9 Å². The van der Waals surface area contributed by atoms with Gasteiger partial charge in [0.1, 0.15) is 5.76 Å². The molecule has 0 spiro atoms. The van der Waals surface area contributed by atoms with E-state index < -0.39 is 17.2 Å². The van der Waals surface area contributed by atoms with E-state index in [4.69, 9.17) is 16.0 Å². The Kier molecular flexibility index (Phi) is 5.42. The summed E-state index contributed by atoms with van der Waals surface area (Å²) in [5.74, 6) is 0.0353. The fourth-order valence-electron chi connectivity index (χ4n) is 1.76. The quantitative estimate of drug-likeness (QED) is 0.617. The lowest BCUT2D eigenvalue weighted by atomic mass is 10.1. The molecule has 1 atom stereocenters. The molecule has 2 aromatic rings. The van der Waals surface area contributed by atoms with Gasteiger partial charge in [-0.2, -0.15) is 0 Å². The first-order chi connectivity index (χ1) is 10.5. The average molecular weight is 344 g/mol. The molecule has 0 fully saturated rings. The summed E-state index contributed by atoms with van der Waals surface area (Å²) in [5, 5.41) is 3.13. The molecule has 0 aliphatic carbocycles. The second-order valence-corrected chi connectivity index (χ2v) is 5.22. The zero-order valence-corrected chi connectivity index (χ0v) is 13.0. The zero-order valence-electron chi connectivity index (χ0n) is 11.4. The molecule has 1 aromatic carbocycles. The number of benzene rings is 1. The average Bonchev–Trinajstić information content (AvgIpc) is 2.99. The zero-order chi connectivity index (χ0) is 16.1. The molecule has 0 aliphatic heterocycles. The standard InChI is InChI=1S/C13H13ClN2O5S/c1-20-13(17)9-5-12(16-22(18)19)10(14)6-11(9)15-7-8-3-2-4-21-8/h2-6,15-16H,7H2,1H3,(H,18,19)/p-1. The Balaban J connectivity index is 2.31. The van der Waals surface area contributed by atoms with Crippen LogP contribution in [0, 0.1) is 0 Å². The summed E-state index contributed by atoms with van der Waals surface area (Å²) in [4.78, 5) is 11.8. The number of ether oxygens (including phenoxy) is 1. The highest BCUT2D eigenvalue weighted by molar-refractivity contribution is 7.80. The summed E-state index contributed by atoms with van der Waals surface area (Å²) in [6.07, 6.45) is 1.53. The van der Waals surface area contributed by atoms with Crippen LogP contribution in [0.2, 0.25) is 5.02 Å². The maximum absolute atomic E-state index is 11.8. The Labute approximate surface area is 134 Å². The molecule has 118 valence electrons. The summed E-state index contributed by atoms with van der Waals surface area (Å²) in [6.45, 7) is 0.327. The minimum Gasteiger partial charge on any atom is -0.755 e. The molecule has 0 saturated heterocycles. The van der Waals surface area contributed by atoms with E-state index in [1.807, 2.05) is 0 Å². The van der Waals surface area contributed by atoms with E-state index in [9.17, 15) is 13.6 Å². The number of nitrogens with one attached hydrogen (secondary N) is 2. The van der Waals surface area contributed by atoms with Crippen molar-refractivity contribution in [3.05, 3.63) is 46.9 Å². The van der Waals surface area contributed by atoms with Crippen molar-refractivity contribution in [2.45, 2.75) is 6.54 Å². The number of methoxy groups -OCH3 is 1. The van der Waals surface area contributed by atoms with Gasteiger partial charge >= 0.3 is 5.97 Å². The number of rotatable bonds is 6. The highest BCUT2D eigenvalue weighted by atomic mass is 35.5. The summed E-state index contributed by atoms with van der Waals surface area (Å²) < 4.78 is 33.4. The second-order valence-electron chi connectivity index (χ2n) is 4.14. The van der Waals surface area contributed by atoms with Gasteiger partial charge in [0.15, 0.2) is 0 Å². The van der Waals surface area contributed by atoms with Crippen molar-refractivity contribution < 1.29 is 22.7 Å². The van der Waals surface area contributed by atoms with E-state index in [0.717, 1.165) is 0 Å². The van der Waals surface area contributed by atoms with Crippen LogP contribution in [-0.4, -0.2) is 21.8 Å². The molecule has 0 saturated carbocycles. The van der Waals surface area contributed by atoms with Gasteiger partial charge in [0.2, 0.25) is 0 Å². The van der Waals surface area contributed by atoms with Crippen LogP contribution in [0.15, 0.2) is 34.9 Å². The van der Waals surface area contributed by atoms with Gasteiger partial charge in [-0.1, -0.05) is 11.6 Å². The fraction of sp³-hybridized carbons (Fsp3) is 0.154. The molecule has 22 heavy (non-hydrogen) atoms. The van der Waals surface area contributed by atoms with Crippen LogP contribution in [0.3, 0.4) is 0 Å². The van der Waals surface area contributed by atoms with Gasteiger partial charge < -0.3 is 23.7 Å². The van der Waals surface area contributed by atoms with Gasteiger partial charge in [-0.05, 0) is 24.3 Å². The van der Waals surface area contributed by atoms with Crippen LogP contribution >= 0.6 is 11.6 Å². The van der Waals surface area contributed by atoms with Gasteiger partial charge in [-0.3, -0.25) is 4.21 Å². The lowest BCUT2D eigenvalue weighted by Gasteiger charge is -2.15. The molecule has 2 N–H and O–H groups in total. The summed E-state index contributed by atoms with van der Waals surface area (Å²) >= 11 is 3.45. The van der Waals surface area contributed by atoms with Crippen LogP contribution in [-0.2, 0) is 22.5 Å². The van der Waals surface area contributed by atoms with Crippen molar-refractivity contribution in [3.8, 4) is 0 Å². The van der Waals surface area contributed by atoms with Crippen molar-refractivity contribution in [3.63, 3.8) is 0 Å². The number of esters is 1. The SMILES string of the molecule is COC(=O)c1cc(NS(=O)[O-])c(Cl)cc1NCc1ccco1. The number of halogens is 1. The van der Waals surface area contributed by atoms with E-state index in [1.54, 1.807) is 12.1 Å². The lowest BCUT2D eigenvalue weighted by molar-refractivity contribution is 0.0602. The molecule has 2 rings (SSSR count). The third-order valence-corrected chi connectivity index (χ3v) is 3.44. The van der Waals surface area contributed by atoms with Crippen molar-refractivity contribution in [2.75, 3.05) is 17.1 Å². The number of anilines is 2. The van der Waals surface area contributed by atoms with Gasteiger partial charge in [0.25, 0.3) is 0 Å². The lowest BCUT2D eigenvalue weighted by Crippen LogP contribution is -2.10. The van der Waals surface area contributed by atoms with Crippen LogP contribution in [0.25, 0.3) is 0 Å². The van der Waals surface area contributed by atoms with Crippen molar-refractivity contribution >= 4 is 40.2 Å². The minimum absolute atomic E-state index is 0.0824. The Hall–Kier alpha value is -2.03.